The van der Waals surface area contributed by atoms with Gasteiger partial charge < -0.3 is 23.7 Å². The highest BCUT2D eigenvalue weighted by molar-refractivity contribution is 14.1. The lowest BCUT2D eigenvalue weighted by Crippen LogP contribution is -2.62. The molecule has 156 valence electrons. The molecule has 0 radical (unpaired) electrons. The minimum absolute atomic E-state index is 0.134. The smallest absolute Gasteiger partial charge is 0.224 e. The first-order valence-corrected chi connectivity index (χ1v) is 11.2. The van der Waals surface area contributed by atoms with Crippen molar-refractivity contribution in [2.24, 2.45) is 0 Å². The van der Waals surface area contributed by atoms with Crippen LogP contribution in [0.5, 0.6) is 0 Å². The number of benzene rings is 2. The van der Waals surface area contributed by atoms with Crippen LogP contribution in [0.3, 0.4) is 0 Å². The highest BCUT2D eigenvalue weighted by Crippen LogP contribution is 2.42. The van der Waals surface area contributed by atoms with E-state index in [-0.39, 0.29) is 10.0 Å². The summed E-state index contributed by atoms with van der Waals surface area (Å²) in [5.41, 5.74) is 2.22. The van der Waals surface area contributed by atoms with Crippen molar-refractivity contribution in [3.8, 4) is 0 Å². The molecule has 5 nitrogen and oxygen atoms in total. The number of hydrogen-bond acceptors (Lipinski definition) is 5. The van der Waals surface area contributed by atoms with Crippen LogP contribution in [0.2, 0.25) is 0 Å². The van der Waals surface area contributed by atoms with E-state index in [1.165, 1.54) is 0 Å². The van der Waals surface area contributed by atoms with E-state index in [2.05, 4.69) is 34.7 Å². The zero-order valence-electron chi connectivity index (χ0n) is 16.8. The summed E-state index contributed by atoms with van der Waals surface area (Å²) in [5.74, 6) is -1.70. The Labute approximate surface area is 185 Å². The molecular formula is C23H27IO5. The van der Waals surface area contributed by atoms with E-state index in [1.54, 1.807) is 0 Å². The predicted octanol–water partition coefficient (Wildman–Crippen LogP) is 4.47. The van der Waals surface area contributed by atoms with E-state index in [0.29, 0.717) is 26.4 Å². The summed E-state index contributed by atoms with van der Waals surface area (Å²) in [6.07, 6.45) is -0.602. The Bertz CT molecular complexity index is 784. The van der Waals surface area contributed by atoms with Crippen molar-refractivity contribution >= 4 is 22.6 Å². The van der Waals surface area contributed by atoms with Gasteiger partial charge in [0.15, 0.2) is 5.79 Å². The fraction of sp³-hybridized carbons (Fsp3) is 0.478. The van der Waals surface area contributed by atoms with E-state index in [4.69, 9.17) is 23.7 Å². The van der Waals surface area contributed by atoms with Gasteiger partial charge in [0.2, 0.25) is 5.79 Å². The molecule has 0 aliphatic carbocycles. The van der Waals surface area contributed by atoms with Gasteiger partial charge in [-0.25, -0.2) is 0 Å². The van der Waals surface area contributed by atoms with Crippen LogP contribution in [0.4, 0.5) is 0 Å². The van der Waals surface area contributed by atoms with Gasteiger partial charge >= 0.3 is 0 Å². The fourth-order valence-electron chi connectivity index (χ4n) is 3.74. The minimum atomic E-state index is -0.971. The first-order chi connectivity index (χ1) is 14.0. The minimum Gasteiger partial charge on any atom is -0.369 e. The maximum atomic E-state index is 6.41. The quantitative estimate of drug-likeness (QED) is 0.424. The Morgan fingerprint density at radius 2 is 1.48 bits per heavy atom. The predicted molar refractivity (Wildman–Crippen MR) is 118 cm³/mol. The molecule has 29 heavy (non-hydrogen) atoms. The second kappa shape index (κ2) is 8.99. The standard InChI is InChI=1S/C23H27IO5/c1-22(2)28-16-23(29-22)21(26-14-18-11-7-4-8-12-18)20(19(24)15-27-23)25-13-17-9-5-3-6-10-17/h3-12,19-21H,13-16H2,1-2H3/t19-,20+,21-,23+/m0/s1. The molecule has 2 heterocycles. The molecule has 0 N–H and O–H groups in total. The van der Waals surface area contributed by atoms with Gasteiger partial charge in [-0.1, -0.05) is 83.3 Å². The monoisotopic (exact) mass is 510 g/mol. The van der Waals surface area contributed by atoms with Crippen molar-refractivity contribution in [3.05, 3.63) is 71.8 Å². The molecular weight excluding hydrogens is 483 g/mol. The van der Waals surface area contributed by atoms with Crippen molar-refractivity contribution in [3.63, 3.8) is 0 Å². The Hall–Kier alpha value is -1.03. The third-order valence-corrected chi connectivity index (χ3v) is 6.24. The van der Waals surface area contributed by atoms with Gasteiger partial charge in [0.05, 0.1) is 23.7 Å². The second-order valence-electron chi connectivity index (χ2n) is 7.91. The SMILES string of the molecule is CC1(C)OC[C@@]2(OC[C@H](I)[C@@H](OCc3ccccc3)[C@@H]2OCc2ccccc2)O1. The van der Waals surface area contributed by atoms with Crippen molar-refractivity contribution in [1.29, 1.82) is 0 Å². The molecule has 0 amide bonds. The highest BCUT2D eigenvalue weighted by atomic mass is 127. The molecule has 4 rings (SSSR count). The largest absolute Gasteiger partial charge is 0.369 e. The van der Waals surface area contributed by atoms with Crippen LogP contribution >= 0.6 is 22.6 Å². The van der Waals surface area contributed by atoms with Gasteiger partial charge in [-0.2, -0.15) is 0 Å². The van der Waals surface area contributed by atoms with Crippen molar-refractivity contribution in [1.82, 2.24) is 0 Å². The zero-order valence-corrected chi connectivity index (χ0v) is 18.9. The van der Waals surface area contributed by atoms with Gasteiger partial charge in [-0.05, 0) is 25.0 Å². The summed E-state index contributed by atoms with van der Waals surface area (Å²) in [5, 5.41) is 0. The molecule has 0 unspecified atom stereocenters. The molecule has 2 aliphatic heterocycles. The average Bonchev–Trinajstić information content (AvgIpc) is 3.04. The molecule has 2 fully saturated rings. The van der Waals surface area contributed by atoms with Crippen LogP contribution < -0.4 is 0 Å². The first kappa shape index (κ1) is 21.2. The lowest BCUT2D eigenvalue weighted by molar-refractivity contribution is -0.332. The van der Waals surface area contributed by atoms with Crippen LogP contribution in [0.1, 0.15) is 25.0 Å². The summed E-state index contributed by atoms with van der Waals surface area (Å²) in [4.78, 5) is 0. The Kier molecular flexibility index (Phi) is 6.58. The number of rotatable bonds is 6. The van der Waals surface area contributed by atoms with Crippen LogP contribution in [-0.4, -0.2) is 40.9 Å². The summed E-state index contributed by atoms with van der Waals surface area (Å²) >= 11 is 2.38. The molecule has 2 aromatic rings. The Morgan fingerprint density at radius 1 is 0.897 bits per heavy atom. The van der Waals surface area contributed by atoms with E-state index in [1.807, 2.05) is 62.4 Å². The molecule has 1 spiro atoms. The lowest BCUT2D eigenvalue weighted by Gasteiger charge is -2.45. The average molecular weight is 510 g/mol. The van der Waals surface area contributed by atoms with Gasteiger partial charge in [0.25, 0.3) is 0 Å². The highest BCUT2D eigenvalue weighted by Gasteiger charge is 2.59. The number of halogens is 1. The second-order valence-corrected chi connectivity index (χ2v) is 9.51. The lowest BCUT2D eigenvalue weighted by atomic mass is 9.98. The molecule has 0 aromatic heterocycles. The van der Waals surface area contributed by atoms with Crippen molar-refractivity contribution < 1.29 is 23.7 Å². The maximum absolute atomic E-state index is 6.41. The zero-order chi connectivity index (χ0) is 20.3. The van der Waals surface area contributed by atoms with Crippen LogP contribution in [0.15, 0.2) is 60.7 Å². The van der Waals surface area contributed by atoms with E-state index >= 15 is 0 Å². The fourth-order valence-corrected chi connectivity index (χ4v) is 4.50. The normalized spacial score (nSPS) is 31.2. The van der Waals surface area contributed by atoms with Gasteiger partial charge in [0.1, 0.15) is 18.8 Å². The van der Waals surface area contributed by atoms with Crippen molar-refractivity contribution in [2.75, 3.05) is 13.2 Å². The number of hydrogen-bond donors (Lipinski definition) is 0. The van der Waals surface area contributed by atoms with Crippen molar-refractivity contribution in [2.45, 2.75) is 54.8 Å². The molecule has 0 saturated carbocycles. The van der Waals surface area contributed by atoms with E-state index < -0.39 is 17.7 Å². The summed E-state index contributed by atoms with van der Waals surface area (Å²) in [6, 6.07) is 20.3. The van der Waals surface area contributed by atoms with Gasteiger partial charge in [-0.15, -0.1) is 0 Å². The summed E-state index contributed by atoms with van der Waals surface area (Å²) in [7, 11) is 0. The van der Waals surface area contributed by atoms with Crippen LogP contribution in [-0.2, 0) is 36.9 Å². The van der Waals surface area contributed by atoms with Crippen LogP contribution in [0, 0.1) is 0 Å². The number of ether oxygens (including phenoxy) is 5. The Balaban J connectivity index is 1.55. The van der Waals surface area contributed by atoms with Gasteiger partial charge in [0, 0.05) is 0 Å². The molecule has 2 aromatic carbocycles. The van der Waals surface area contributed by atoms with E-state index in [0.717, 1.165) is 11.1 Å². The molecule has 2 aliphatic rings. The molecule has 6 heteroatoms. The van der Waals surface area contributed by atoms with Gasteiger partial charge in [-0.3, -0.25) is 0 Å². The Morgan fingerprint density at radius 3 is 2.03 bits per heavy atom. The summed E-state index contributed by atoms with van der Waals surface area (Å²) < 4.78 is 31.3. The molecule has 4 atom stereocenters. The maximum Gasteiger partial charge on any atom is 0.224 e. The summed E-state index contributed by atoms with van der Waals surface area (Å²) in [6.45, 7) is 5.59. The first-order valence-electron chi connectivity index (χ1n) is 9.91. The third kappa shape index (κ3) is 5.00. The molecule has 0 bridgehead atoms. The number of alkyl halides is 1. The third-order valence-electron chi connectivity index (χ3n) is 5.17. The topological polar surface area (TPSA) is 46.2 Å². The molecule has 2 saturated heterocycles. The van der Waals surface area contributed by atoms with Crippen LogP contribution in [0.25, 0.3) is 0 Å². The van der Waals surface area contributed by atoms with E-state index in [9.17, 15) is 0 Å².